The van der Waals surface area contributed by atoms with Crippen LogP contribution in [-0.4, -0.2) is 19.7 Å². The van der Waals surface area contributed by atoms with Gasteiger partial charge < -0.3 is 0 Å². The summed E-state index contributed by atoms with van der Waals surface area (Å²) in [7, 11) is 0. The Morgan fingerprint density at radius 3 is 2.70 bits per heavy atom. The third-order valence-electron chi connectivity index (χ3n) is 3.20. The smallest absolute Gasteiger partial charge is 0.280 e. The summed E-state index contributed by atoms with van der Waals surface area (Å²) in [6.07, 6.45) is 5.09. The lowest BCUT2D eigenvalue weighted by Gasteiger charge is -2.01. The summed E-state index contributed by atoms with van der Waals surface area (Å²) in [6.45, 7) is 3.85. The molecule has 0 aromatic carbocycles. The molecule has 5 heteroatoms. The molecule has 0 fully saturated rings. The van der Waals surface area contributed by atoms with E-state index in [1.165, 1.54) is 4.68 Å². The number of nitrogens with one attached hydrogen (secondary N) is 1. The van der Waals surface area contributed by atoms with E-state index in [-0.39, 0.29) is 5.56 Å². The summed E-state index contributed by atoms with van der Waals surface area (Å²) in [5, 5.41) is 2.96. The van der Waals surface area contributed by atoms with Crippen molar-refractivity contribution in [3.8, 4) is 16.9 Å². The Morgan fingerprint density at radius 1 is 1.10 bits per heavy atom. The van der Waals surface area contributed by atoms with Crippen molar-refractivity contribution in [1.29, 1.82) is 0 Å². The van der Waals surface area contributed by atoms with Crippen molar-refractivity contribution in [3.63, 3.8) is 0 Å². The first-order chi connectivity index (χ1) is 9.66. The molecule has 1 N–H and O–H groups in total. The van der Waals surface area contributed by atoms with Gasteiger partial charge >= 0.3 is 0 Å². The van der Waals surface area contributed by atoms with E-state index < -0.39 is 0 Å². The predicted octanol–water partition coefficient (Wildman–Crippen LogP) is 2.24. The summed E-state index contributed by atoms with van der Waals surface area (Å²) in [6, 6.07) is 7.46. The molecule has 0 saturated carbocycles. The molecule has 20 heavy (non-hydrogen) atoms. The minimum Gasteiger partial charge on any atom is -0.296 e. The fourth-order valence-electron chi connectivity index (χ4n) is 2.14. The molecular formula is C15H14N4O. The minimum atomic E-state index is -0.126. The van der Waals surface area contributed by atoms with E-state index in [0.29, 0.717) is 11.4 Å². The van der Waals surface area contributed by atoms with E-state index in [4.69, 9.17) is 0 Å². The number of H-pyrrole nitrogens is 1. The Morgan fingerprint density at radius 2 is 1.95 bits per heavy atom. The summed E-state index contributed by atoms with van der Waals surface area (Å²) in [5.74, 6) is 0.586. The molecule has 3 aromatic rings. The Hall–Kier alpha value is -2.69. The molecule has 3 heterocycles. The molecule has 0 atom stereocenters. The van der Waals surface area contributed by atoms with Crippen molar-refractivity contribution >= 4 is 0 Å². The first-order valence-electron chi connectivity index (χ1n) is 6.32. The number of aromatic amines is 1. The highest BCUT2D eigenvalue weighted by Gasteiger charge is 2.12. The molecule has 0 aliphatic carbocycles. The average molecular weight is 266 g/mol. The Labute approximate surface area is 115 Å². The molecule has 0 unspecified atom stereocenters. The summed E-state index contributed by atoms with van der Waals surface area (Å²) in [5.41, 5.74) is 3.18. The van der Waals surface area contributed by atoms with Crippen molar-refractivity contribution in [3.05, 3.63) is 64.5 Å². The second kappa shape index (κ2) is 4.77. The molecule has 100 valence electrons. The standard InChI is InChI=1S/C15H14N4O/c1-10-5-7-17-14(8-10)19-15(20)13(9-18-19)12-4-3-6-16-11(12)2/h3-9,18H,1-2H3. The topological polar surface area (TPSA) is 63.6 Å². The lowest BCUT2D eigenvalue weighted by atomic mass is 10.1. The maximum absolute atomic E-state index is 12.5. The van der Waals surface area contributed by atoms with Gasteiger partial charge in [0, 0.05) is 29.8 Å². The van der Waals surface area contributed by atoms with Crippen LogP contribution in [0.2, 0.25) is 0 Å². The largest absolute Gasteiger partial charge is 0.296 e. The molecule has 0 radical (unpaired) electrons. The van der Waals surface area contributed by atoms with Crippen LogP contribution in [0.3, 0.4) is 0 Å². The first kappa shape index (κ1) is 12.3. The summed E-state index contributed by atoms with van der Waals surface area (Å²) < 4.78 is 1.44. The SMILES string of the molecule is Cc1ccnc(-n2[nH]cc(-c3cccnc3C)c2=O)c1. The molecule has 0 amide bonds. The van der Waals surface area contributed by atoms with Gasteiger partial charge in [0.05, 0.1) is 5.56 Å². The molecule has 3 aromatic heterocycles. The highest BCUT2D eigenvalue weighted by molar-refractivity contribution is 5.64. The van der Waals surface area contributed by atoms with Gasteiger partial charge in [-0.1, -0.05) is 6.07 Å². The zero-order valence-corrected chi connectivity index (χ0v) is 11.3. The number of aromatic nitrogens is 4. The second-order valence-corrected chi connectivity index (χ2v) is 4.66. The van der Waals surface area contributed by atoms with Crippen molar-refractivity contribution in [2.24, 2.45) is 0 Å². The number of hydrogen-bond acceptors (Lipinski definition) is 3. The number of pyridine rings is 2. The predicted molar refractivity (Wildman–Crippen MR) is 76.9 cm³/mol. The Balaban J connectivity index is 2.15. The quantitative estimate of drug-likeness (QED) is 0.773. The normalized spacial score (nSPS) is 10.7. The van der Waals surface area contributed by atoms with Crippen LogP contribution in [0.25, 0.3) is 16.9 Å². The van der Waals surface area contributed by atoms with Gasteiger partial charge in [-0.3, -0.25) is 14.9 Å². The highest BCUT2D eigenvalue weighted by Crippen LogP contribution is 2.17. The maximum atomic E-state index is 12.5. The van der Waals surface area contributed by atoms with Crippen LogP contribution in [0.4, 0.5) is 0 Å². The van der Waals surface area contributed by atoms with Gasteiger partial charge in [0.25, 0.3) is 5.56 Å². The molecule has 3 rings (SSSR count). The monoisotopic (exact) mass is 266 g/mol. The van der Waals surface area contributed by atoms with Crippen LogP contribution in [0.15, 0.2) is 47.7 Å². The summed E-state index contributed by atoms with van der Waals surface area (Å²) in [4.78, 5) is 20.9. The zero-order chi connectivity index (χ0) is 14.1. The van der Waals surface area contributed by atoms with E-state index in [2.05, 4.69) is 15.1 Å². The fourth-order valence-corrected chi connectivity index (χ4v) is 2.14. The van der Waals surface area contributed by atoms with Crippen LogP contribution in [0, 0.1) is 13.8 Å². The van der Waals surface area contributed by atoms with Gasteiger partial charge in [-0.05, 0) is 37.6 Å². The van der Waals surface area contributed by atoms with Crippen LogP contribution >= 0.6 is 0 Å². The molecule has 0 spiro atoms. The highest BCUT2D eigenvalue weighted by atomic mass is 16.1. The molecular weight excluding hydrogens is 252 g/mol. The van der Waals surface area contributed by atoms with Crippen LogP contribution in [-0.2, 0) is 0 Å². The Kier molecular flexibility index (Phi) is 2.95. The van der Waals surface area contributed by atoms with Gasteiger partial charge in [0.1, 0.15) is 0 Å². The number of hydrogen-bond donors (Lipinski definition) is 1. The molecule has 0 aliphatic rings. The van der Waals surface area contributed by atoms with E-state index in [1.54, 1.807) is 18.6 Å². The van der Waals surface area contributed by atoms with Crippen LogP contribution < -0.4 is 5.56 Å². The second-order valence-electron chi connectivity index (χ2n) is 4.66. The van der Waals surface area contributed by atoms with Crippen molar-refractivity contribution in [2.45, 2.75) is 13.8 Å². The third-order valence-corrected chi connectivity index (χ3v) is 3.20. The zero-order valence-electron chi connectivity index (χ0n) is 11.3. The van der Waals surface area contributed by atoms with Crippen molar-refractivity contribution < 1.29 is 0 Å². The summed E-state index contributed by atoms with van der Waals surface area (Å²) >= 11 is 0. The van der Waals surface area contributed by atoms with E-state index in [9.17, 15) is 4.79 Å². The average Bonchev–Trinajstić information content (AvgIpc) is 2.81. The van der Waals surface area contributed by atoms with Crippen LogP contribution in [0.5, 0.6) is 0 Å². The van der Waals surface area contributed by atoms with E-state index in [1.807, 2.05) is 38.1 Å². The number of aryl methyl sites for hydroxylation is 2. The lowest BCUT2D eigenvalue weighted by Crippen LogP contribution is -2.17. The lowest BCUT2D eigenvalue weighted by molar-refractivity contribution is 0.817. The van der Waals surface area contributed by atoms with E-state index >= 15 is 0 Å². The van der Waals surface area contributed by atoms with Gasteiger partial charge in [-0.15, -0.1) is 0 Å². The first-order valence-corrected chi connectivity index (χ1v) is 6.32. The maximum Gasteiger partial charge on any atom is 0.280 e. The minimum absolute atomic E-state index is 0.126. The van der Waals surface area contributed by atoms with Gasteiger partial charge in [0.2, 0.25) is 0 Å². The molecule has 5 nitrogen and oxygen atoms in total. The van der Waals surface area contributed by atoms with Crippen molar-refractivity contribution in [1.82, 2.24) is 19.7 Å². The Bertz CT molecular complexity index is 816. The third kappa shape index (κ3) is 2.03. The van der Waals surface area contributed by atoms with E-state index in [0.717, 1.165) is 16.8 Å². The molecule has 0 aliphatic heterocycles. The van der Waals surface area contributed by atoms with Crippen LogP contribution in [0.1, 0.15) is 11.3 Å². The van der Waals surface area contributed by atoms with Gasteiger partial charge in [-0.25, -0.2) is 9.67 Å². The molecule has 0 bridgehead atoms. The van der Waals surface area contributed by atoms with Gasteiger partial charge in [-0.2, -0.15) is 0 Å². The fraction of sp³-hybridized carbons (Fsp3) is 0.133. The van der Waals surface area contributed by atoms with Crippen molar-refractivity contribution in [2.75, 3.05) is 0 Å². The van der Waals surface area contributed by atoms with Gasteiger partial charge in [0.15, 0.2) is 5.82 Å². The number of rotatable bonds is 2. The molecule has 0 saturated heterocycles. The number of nitrogens with zero attached hydrogens (tertiary/aromatic N) is 3.